The van der Waals surface area contributed by atoms with Crippen molar-refractivity contribution in [2.24, 2.45) is 0 Å². The average molecular weight is 291 g/mol. The molecule has 1 aliphatic rings. The molecule has 1 saturated heterocycles. The van der Waals surface area contributed by atoms with E-state index in [1.165, 1.54) is 4.88 Å². The molecular formula is C14H17N3O2S. The molecular weight excluding hydrogens is 274 g/mol. The van der Waals surface area contributed by atoms with Crippen molar-refractivity contribution in [2.45, 2.75) is 25.7 Å². The standard InChI is InChI=1S/C14H17N3O2S/c1-9-2-3-12(20-9)14(18)17-6-4-10(5-7-17)11-8-13(15)19-16-11/h2-3,8,10H,4-7,15H2,1H3. The number of thiophene rings is 1. The number of hydrogen-bond donors (Lipinski definition) is 1. The van der Waals surface area contributed by atoms with E-state index in [0.717, 1.165) is 36.5 Å². The topological polar surface area (TPSA) is 72.4 Å². The van der Waals surface area contributed by atoms with Crippen LogP contribution in [0.2, 0.25) is 0 Å². The maximum Gasteiger partial charge on any atom is 0.263 e. The summed E-state index contributed by atoms with van der Waals surface area (Å²) in [5.74, 6) is 0.832. The Bertz CT molecular complexity index is 611. The molecule has 6 heteroatoms. The number of hydrogen-bond acceptors (Lipinski definition) is 5. The Kier molecular flexibility index (Phi) is 3.48. The smallest absolute Gasteiger partial charge is 0.263 e. The van der Waals surface area contributed by atoms with Crippen LogP contribution in [0.3, 0.4) is 0 Å². The Morgan fingerprint density at radius 1 is 1.45 bits per heavy atom. The van der Waals surface area contributed by atoms with E-state index < -0.39 is 0 Å². The van der Waals surface area contributed by atoms with Gasteiger partial charge in [0.15, 0.2) is 0 Å². The fraction of sp³-hybridized carbons (Fsp3) is 0.429. The molecule has 1 amide bonds. The van der Waals surface area contributed by atoms with E-state index in [-0.39, 0.29) is 5.91 Å². The van der Waals surface area contributed by atoms with Crippen molar-refractivity contribution < 1.29 is 9.32 Å². The summed E-state index contributed by atoms with van der Waals surface area (Å²) in [4.78, 5) is 16.3. The third-order valence-electron chi connectivity index (χ3n) is 3.70. The molecule has 2 N–H and O–H groups in total. The Morgan fingerprint density at radius 3 is 2.75 bits per heavy atom. The van der Waals surface area contributed by atoms with Crippen LogP contribution in [0.25, 0.3) is 0 Å². The van der Waals surface area contributed by atoms with Crippen molar-refractivity contribution in [2.75, 3.05) is 18.8 Å². The van der Waals surface area contributed by atoms with Crippen LogP contribution in [0.15, 0.2) is 22.7 Å². The third-order valence-corrected chi connectivity index (χ3v) is 4.69. The van der Waals surface area contributed by atoms with E-state index in [9.17, 15) is 4.79 Å². The lowest BCUT2D eigenvalue weighted by atomic mass is 9.93. The summed E-state index contributed by atoms with van der Waals surface area (Å²) in [5, 5.41) is 3.97. The highest BCUT2D eigenvalue weighted by molar-refractivity contribution is 7.13. The van der Waals surface area contributed by atoms with E-state index in [2.05, 4.69) is 5.16 Å². The molecule has 0 aromatic carbocycles. The summed E-state index contributed by atoms with van der Waals surface area (Å²) in [7, 11) is 0. The largest absolute Gasteiger partial charge is 0.368 e. The number of aryl methyl sites for hydroxylation is 1. The summed E-state index contributed by atoms with van der Waals surface area (Å²) >= 11 is 1.55. The van der Waals surface area contributed by atoms with Crippen LogP contribution in [-0.4, -0.2) is 29.1 Å². The fourth-order valence-corrected chi connectivity index (χ4v) is 3.42. The SMILES string of the molecule is Cc1ccc(C(=O)N2CCC(c3cc(N)on3)CC2)s1. The number of carbonyl (C=O) groups is 1. The second-order valence-corrected chi connectivity index (χ2v) is 6.42. The van der Waals surface area contributed by atoms with Crippen molar-refractivity contribution >= 4 is 23.1 Å². The predicted octanol–water partition coefficient (Wildman–Crippen LogP) is 2.65. The van der Waals surface area contributed by atoms with Gasteiger partial charge in [-0.2, -0.15) is 0 Å². The van der Waals surface area contributed by atoms with E-state index in [0.29, 0.717) is 11.8 Å². The lowest BCUT2D eigenvalue weighted by molar-refractivity contribution is 0.0716. The van der Waals surface area contributed by atoms with Crippen LogP contribution in [0, 0.1) is 6.92 Å². The summed E-state index contributed by atoms with van der Waals surface area (Å²) in [5.41, 5.74) is 6.45. The van der Waals surface area contributed by atoms with Gasteiger partial charge in [0, 0.05) is 30.0 Å². The van der Waals surface area contributed by atoms with Crippen molar-refractivity contribution in [3.63, 3.8) is 0 Å². The number of nitrogens with zero attached hydrogens (tertiary/aromatic N) is 2. The minimum absolute atomic E-state index is 0.140. The van der Waals surface area contributed by atoms with Gasteiger partial charge < -0.3 is 15.2 Å². The lowest BCUT2D eigenvalue weighted by Gasteiger charge is -2.30. The Balaban J connectivity index is 1.62. The summed E-state index contributed by atoms with van der Waals surface area (Å²) in [6.45, 7) is 3.53. The number of nitrogens with two attached hydrogens (primary N) is 1. The maximum atomic E-state index is 12.3. The molecule has 20 heavy (non-hydrogen) atoms. The quantitative estimate of drug-likeness (QED) is 0.923. The molecule has 0 spiro atoms. The first-order valence-corrected chi connectivity index (χ1v) is 7.53. The van der Waals surface area contributed by atoms with Gasteiger partial charge in [-0.25, -0.2) is 0 Å². The first kappa shape index (κ1) is 13.2. The van der Waals surface area contributed by atoms with Crippen molar-refractivity contribution in [1.82, 2.24) is 10.1 Å². The molecule has 106 valence electrons. The molecule has 1 fully saturated rings. The number of piperidine rings is 1. The molecule has 0 radical (unpaired) electrons. The van der Waals surface area contributed by atoms with Crippen LogP contribution in [0.4, 0.5) is 5.88 Å². The minimum atomic E-state index is 0.140. The van der Waals surface area contributed by atoms with Gasteiger partial charge in [-0.1, -0.05) is 5.16 Å². The number of anilines is 1. The van der Waals surface area contributed by atoms with Crippen LogP contribution >= 0.6 is 11.3 Å². The molecule has 5 nitrogen and oxygen atoms in total. The van der Waals surface area contributed by atoms with Gasteiger partial charge in [0.25, 0.3) is 5.91 Å². The monoisotopic (exact) mass is 291 g/mol. The number of nitrogen functional groups attached to an aromatic ring is 1. The van der Waals surface area contributed by atoms with E-state index in [4.69, 9.17) is 10.3 Å². The van der Waals surface area contributed by atoms with Crippen molar-refractivity contribution in [1.29, 1.82) is 0 Å². The number of rotatable bonds is 2. The van der Waals surface area contributed by atoms with E-state index >= 15 is 0 Å². The number of aromatic nitrogens is 1. The Hall–Kier alpha value is -1.82. The Morgan fingerprint density at radius 2 is 2.20 bits per heavy atom. The molecule has 3 heterocycles. The van der Waals surface area contributed by atoms with Crippen LogP contribution in [0.1, 0.15) is 39.0 Å². The van der Waals surface area contributed by atoms with Crippen LogP contribution in [0.5, 0.6) is 0 Å². The van der Waals surface area contributed by atoms with Gasteiger partial charge in [-0.15, -0.1) is 11.3 Å². The molecule has 0 aliphatic carbocycles. The lowest BCUT2D eigenvalue weighted by Crippen LogP contribution is -2.37. The molecule has 0 saturated carbocycles. The number of carbonyl (C=O) groups excluding carboxylic acids is 1. The van der Waals surface area contributed by atoms with Gasteiger partial charge in [-0.3, -0.25) is 4.79 Å². The molecule has 0 bridgehead atoms. The highest BCUT2D eigenvalue weighted by Gasteiger charge is 2.26. The molecule has 0 atom stereocenters. The molecule has 1 aliphatic heterocycles. The van der Waals surface area contributed by atoms with Gasteiger partial charge in [0.1, 0.15) is 0 Å². The molecule has 3 rings (SSSR count). The molecule has 2 aromatic heterocycles. The zero-order chi connectivity index (χ0) is 14.1. The zero-order valence-electron chi connectivity index (χ0n) is 11.3. The number of likely N-dealkylation sites (tertiary alicyclic amines) is 1. The summed E-state index contributed by atoms with van der Waals surface area (Å²) < 4.78 is 4.91. The van der Waals surface area contributed by atoms with Crippen LogP contribution < -0.4 is 5.73 Å². The van der Waals surface area contributed by atoms with Crippen molar-refractivity contribution in [3.05, 3.63) is 33.6 Å². The maximum absolute atomic E-state index is 12.3. The van der Waals surface area contributed by atoms with Gasteiger partial charge in [-0.05, 0) is 31.9 Å². The second kappa shape index (κ2) is 5.28. The Labute approximate surface area is 121 Å². The zero-order valence-corrected chi connectivity index (χ0v) is 12.2. The van der Waals surface area contributed by atoms with Crippen molar-refractivity contribution in [3.8, 4) is 0 Å². The first-order chi connectivity index (χ1) is 9.63. The predicted molar refractivity (Wildman–Crippen MR) is 77.8 cm³/mol. The first-order valence-electron chi connectivity index (χ1n) is 6.71. The van der Waals surface area contributed by atoms with Crippen LogP contribution in [-0.2, 0) is 0 Å². The van der Waals surface area contributed by atoms with Gasteiger partial charge >= 0.3 is 0 Å². The second-order valence-electron chi connectivity index (χ2n) is 5.13. The average Bonchev–Trinajstić information content (AvgIpc) is 3.07. The molecule has 0 unspecified atom stereocenters. The summed E-state index contributed by atoms with van der Waals surface area (Å²) in [6, 6.07) is 5.68. The number of amides is 1. The van der Waals surface area contributed by atoms with Gasteiger partial charge in [0.05, 0.1) is 10.6 Å². The highest BCUT2D eigenvalue weighted by Crippen LogP contribution is 2.29. The normalized spacial score (nSPS) is 16.6. The minimum Gasteiger partial charge on any atom is -0.368 e. The van der Waals surface area contributed by atoms with E-state index in [1.807, 2.05) is 24.0 Å². The summed E-state index contributed by atoms with van der Waals surface area (Å²) in [6.07, 6.45) is 1.81. The highest BCUT2D eigenvalue weighted by atomic mass is 32.1. The third kappa shape index (κ3) is 2.56. The van der Waals surface area contributed by atoms with Gasteiger partial charge in [0.2, 0.25) is 5.88 Å². The fourth-order valence-electron chi connectivity index (χ4n) is 2.58. The van der Waals surface area contributed by atoms with E-state index in [1.54, 1.807) is 17.4 Å². The molecule has 2 aromatic rings.